The van der Waals surface area contributed by atoms with Crippen LogP contribution in [0.15, 0.2) is 0 Å². The van der Waals surface area contributed by atoms with Crippen molar-refractivity contribution in [2.24, 2.45) is 0 Å². The minimum Gasteiger partial charge on any atom is -0.336 e. The first-order chi connectivity index (χ1) is 6.09. The van der Waals surface area contributed by atoms with Crippen LogP contribution in [-0.4, -0.2) is 42.6 Å². The smallest absolute Gasteiger partial charge is 0.317 e. The van der Waals surface area contributed by atoms with Gasteiger partial charge in [0.1, 0.15) is 0 Å². The Morgan fingerprint density at radius 2 is 2.31 bits per heavy atom. The van der Waals surface area contributed by atoms with Crippen molar-refractivity contribution in [3.63, 3.8) is 0 Å². The number of hydrogen-bond acceptors (Lipinski definition) is 2. The summed E-state index contributed by atoms with van der Waals surface area (Å²) in [4.78, 5) is 13.4. The molecular weight excluding hydrogens is 166 g/mol. The number of amides is 2. The molecule has 1 atom stereocenters. The molecule has 4 heteroatoms. The summed E-state index contributed by atoms with van der Waals surface area (Å²) in [5.74, 6) is 0. The molecule has 76 valence electrons. The van der Waals surface area contributed by atoms with Gasteiger partial charge in [-0.15, -0.1) is 0 Å². The molecule has 0 spiro atoms. The summed E-state index contributed by atoms with van der Waals surface area (Å²) in [6.45, 7) is 8.55. The predicted octanol–water partition coefficient (Wildman–Crippen LogP) is 0.398. The van der Waals surface area contributed by atoms with E-state index in [-0.39, 0.29) is 12.1 Å². The molecule has 0 saturated carbocycles. The quantitative estimate of drug-likeness (QED) is 0.621. The first kappa shape index (κ1) is 10.3. The number of hydrogen-bond donors (Lipinski definition) is 2. The standard InChI is InChI=1S/C9H19N3O/c1-7(2)11-9(13)12-5-4-10-8(3)6-12/h7-8,10H,4-6H2,1-3H3,(H,11,13)/t8-/m0/s1. The molecule has 0 bridgehead atoms. The largest absolute Gasteiger partial charge is 0.336 e. The van der Waals surface area contributed by atoms with Crippen LogP contribution in [-0.2, 0) is 0 Å². The fourth-order valence-corrected chi connectivity index (χ4v) is 1.46. The van der Waals surface area contributed by atoms with Gasteiger partial charge in [-0.25, -0.2) is 4.79 Å². The first-order valence-electron chi connectivity index (χ1n) is 4.88. The molecule has 1 rings (SSSR count). The van der Waals surface area contributed by atoms with E-state index in [0.29, 0.717) is 6.04 Å². The summed E-state index contributed by atoms with van der Waals surface area (Å²) in [6.07, 6.45) is 0. The third-order valence-corrected chi connectivity index (χ3v) is 2.07. The molecule has 2 amide bonds. The molecule has 1 saturated heterocycles. The normalized spacial score (nSPS) is 23.4. The Labute approximate surface area is 79.7 Å². The minimum atomic E-state index is 0.0587. The Hall–Kier alpha value is -0.770. The second-order valence-electron chi connectivity index (χ2n) is 3.91. The highest BCUT2D eigenvalue weighted by atomic mass is 16.2. The number of rotatable bonds is 1. The van der Waals surface area contributed by atoms with Gasteiger partial charge in [-0.2, -0.15) is 0 Å². The molecule has 1 aliphatic heterocycles. The Bertz CT molecular complexity index is 182. The van der Waals surface area contributed by atoms with Crippen molar-refractivity contribution >= 4 is 6.03 Å². The second-order valence-corrected chi connectivity index (χ2v) is 3.91. The lowest BCUT2D eigenvalue weighted by Crippen LogP contribution is -2.54. The van der Waals surface area contributed by atoms with Crippen molar-refractivity contribution in [2.75, 3.05) is 19.6 Å². The zero-order valence-electron chi connectivity index (χ0n) is 8.63. The van der Waals surface area contributed by atoms with E-state index in [1.54, 1.807) is 0 Å². The molecule has 13 heavy (non-hydrogen) atoms. The minimum absolute atomic E-state index is 0.0587. The average Bonchev–Trinajstić information content (AvgIpc) is 2.03. The van der Waals surface area contributed by atoms with Crippen molar-refractivity contribution in [1.29, 1.82) is 0 Å². The van der Waals surface area contributed by atoms with Gasteiger partial charge in [0, 0.05) is 31.7 Å². The van der Waals surface area contributed by atoms with Crippen molar-refractivity contribution in [1.82, 2.24) is 15.5 Å². The van der Waals surface area contributed by atoms with E-state index in [1.807, 2.05) is 18.7 Å². The van der Waals surface area contributed by atoms with E-state index in [9.17, 15) is 4.79 Å². The summed E-state index contributed by atoms with van der Waals surface area (Å²) >= 11 is 0. The number of carbonyl (C=O) groups excluding carboxylic acids is 1. The fourth-order valence-electron chi connectivity index (χ4n) is 1.46. The topological polar surface area (TPSA) is 44.4 Å². The Kier molecular flexibility index (Phi) is 3.54. The van der Waals surface area contributed by atoms with Crippen LogP contribution in [0, 0.1) is 0 Å². The highest BCUT2D eigenvalue weighted by Gasteiger charge is 2.20. The Morgan fingerprint density at radius 3 is 2.85 bits per heavy atom. The molecule has 2 N–H and O–H groups in total. The number of carbonyl (C=O) groups is 1. The molecule has 1 heterocycles. The number of nitrogens with zero attached hydrogens (tertiary/aromatic N) is 1. The molecule has 0 aromatic rings. The maximum absolute atomic E-state index is 11.5. The predicted molar refractivity (Wildman–Crippen MR) is 52.7 cm³/mol. The molecule has 1 aliphatic rings. The van der Waals surface area contributed by atoms with Gasteiger partial charge in [-0.3, -0.25) is 0 Å². The zero-order chi connectivity index (χ0) is 9.84. The van der Waals surface area contributed by atoms with E-state index >= 15 is 0 Å². The molecule has 4 nitrogen and oxygen atoms in total. The van der Waals surface area contributed by atoms with Crippen LogP contribution < -0.4 is 10.6 Å². The SMILES string of the molecule is CC(C)NC(=O)N1CCN[C@@H](C)C1. The van der Waals surface area contributed by atoms with E-state index in [2.05, 4.69) is 17.6 Å². The molecule has 0 aromatic heterocycles. The average molecular weight is 185 g/mol. The van der Waals surface area contributed by atoms with Gasteiger partial charge < -0.3 is 15.5 Å². The lowest BCUT2D eigenvalue weighted by Gasteiger charge is -2.32. The maximum Gasteiger partial charge on any atom is 0.317 e. The lowest BCUT2D eigenvalue weighted by atomic mass is 10.2. The van der Waals surface area contributed by atoms with Crippen LogP contribution in [0.4, 0.5) is 4.79 Å². The summed E-state index contributed by atoms with van der Waals surface area (Å²) in [5.41, 5.74) is 0. The molecule has 0 unspecified atom stereocenters. The fraction of sp³-hybridized carbons (Fsp3) is 0.889. The van der Waals surface area contributed by atoms with Crippen LogP contribution >= 0.6 is 0 Å². The lowest BCUT2D eigenvalue weighted by molar-refractivity contribution is 0.177. The first-order valence-corrected chi connectivity index (χ1v) is 4.88. The van der Waals surface area contributed by atoms with Gasteiger partial charge in [0.05, 0.1) is 0 Å². The number of nitrogens with one attached hydrogen (secondary N) is 2. The van der Waals surface area contributed by atoms with Crippen LogP contribution in [0.2, 0.25) is 0 Å². The highest BCUT2D eigenvalue weighted by molar-refractivity contribution is 5.74. The molecular formula is C9H19N3O. The van der Waals surface area contributed by atoms with E-state index < -0.39 is 0 Å². The number of urea groups is 1. The number of piperazine rings is 1. The van der Waals surface area contributed by atoms with Gasteiger partial charge in [-0.05, 0) is 20.8 Å². The maximum atomic E-state index is 11.5. The van der Waals surface area contributed by atoms with Gasteiger partial charge in [0.2, 0.25) is 0 Å². The molecule has 1 fully saturated rings. The third kappa shape index (κ3) is 3.22. The second kappa shape index (κ2) is 4.46. The van der Waals surface area contributed by atoms with Crippen molar-refractivity contribution in [3.05, 3.63) is 0 Å². The summed E-state index contributed by atoms with van der Waals surface area (Å²) in [5, 5.41) is 6.19. The Morgan fingerprint density at radius 1 is 1.62 bits per heavy atom. The van der Waals surface area contributed by atoms with Crippen molar-refractivity contribution in [3.8, 4) is 0 Å². The highest BCUT2D eigenvalue weighted by Crippen LogP contribution is 1.99. The summed E-state index contributed by atoms with van der Waals surface area (Å²) in [6, 6.07) is 0.688. The zero-order valence-corrected chi connectivity index (χ0v) is 8.63. The van der Waals surface area contributed by atoms with Crippen LogP contribution in [0.25, 0.3) is 0 Å². The molecule has 0 aliphatic carbocycles. The van der Waals surface area contributed by atoms with Crippen molar-refractivity contribution < 1.29 is 4.79 Å². The van der Waals surface area contributed by atoms with E-state index in [1.165, 1.54) is 0 Å². The van der Waals surface area contributed by atoms with Gasteiger partial charge in [0.25, 0.3) is 0 Å². The van der Waals surface area contributed by atoms with Gasteiger partial charge in [0.15, 0.2) is 0 Å². The van der Waals surface area contributed by atoms with E-state index in [4.69, 9.17) is 0 Å². The Balaban J connectivity index is 2.37. The summed E-state index contributed by atoms with van der Waals surface area (Å²) < 4.78 is 0. The van der Waals surface area contributed by atoms with E-state index in [0.717, 1.165) is 19.6 Å². The van der Waals surface area contributed by atoms with Crippen molar-refractivity contribution in [2.45, 2.75) is 32.9 Å². The van der Waals surface area contributed by atoms with Gasteiger partial charge in [-0.1, -0.05) is 0 Å². The monoisotopic (exact) mass is 185 g/mol. The van der Waals surface area contributed by atoms with Gasteiger partial charge >= 0.3 is 6.03 Å². The van der Waals surface area contributed by atoms with Crippen LogP contribution in [0.3, 0.4) is 0 Å². The van der Waals surface area contributed by atoms with Crippen LogP contribution in [0.1, 0.15) is 20.8 Å². The summed E-state index contributed by atoms with van der Waals surface area (Å²) in [7, 11) is 0. The van der Waals surface area contributed by atoms with Crippen LogP contribution in [0.5, 0.6) is 0 Å². The third-order valence-electron chi connectivity index (χ3n) is 2.07. The molecule has 0 radical (unpaired) electrons. The molecule has 0 aromatic carbocycles.